The fourth-order valence-electron chi connectivity index (χ4n) is 2.79. The molecule has 3 rings (SSSR count). The maximum Gasteiger partial charge on any atom is 0.139 e. The van der Waals surface area contributed by atoms with Crippen molar-refractivity contribution >= 4 is 11.0 Å². The van der Waals surface area contributed by atoms with E-state index >= 15 is 0 Å². The Morgan fingerprint density at radius 3 is 2.55 bits per heavy atom. The molecule has 2 aromatic carbocycles. The SMILES string of the molecule is CCCC(O)c1nc2ccccc2n1Cc1ccc(C)cc1. The highest BCUT2D eigenvalue weighted by atomic mass is 16.3. The highest BCUT2D eigenvalue weighted by Crippen LogP contribution is 2.24. The molecule has 1 N–H and O–H groups in total. The first-order chi connectivity index (χ1) is 10.7. The van der Waals surface area contributed by atoms with Crippen molar-refractivity contribution in [3.05, 3.63) is 65.5 Å². The summed E-state index contributed by atoms with van der Waals surface area (Å²) in [7, 11) is 0. The van der Waals surface area contributed by atoms with Crippen LogP contribution in [0.5, 0.6) is 0 Å². The number of rotatable bonds is 5. The molecule has 1 atom stereocenters. The van der Waals surface area contributed by atoms with E-state index in [4.69, 9.17) is 0 Å². The standard InChI is InChI=1S/C19H22N2O/c1-3-6-18(22)19-20-16-7-4-5-8-17(16)21(19)13-15-11-9-14(2)10-12-15/h4-5,7-12,18,22H,3,6,13H2,1-2H3. The summed E-state index contributed by atoms with van der Waals surface area (Å²) >= 11 is 0. The van der Waals surface area contributed by atoms with Gasteiger partial charge in [0.05, 0.1) is 11.0 Å². The minimum Gasteiger partial charge on any atom is -0.385 e. The van der Waals surface area contributed by atoms with Crippen LogP contribution in [0.25, 0.3) is 11.0 Å². The van der Waals surface area contributed by atoms with Gasteiger partial charge in [-0.15, -0.1) is 0 Å². The molecule has 0 amide bonds. The van der Waals surface area contributed by atoms with Gasteiger partial charge in [0.25, 0.3) is 0 Å². The Morgan fingerprint density at radius 1 is 1.09 bits per heavy atom. The second-order valence-corrected chi connectivity index (χ2v) is 5.83. The van der Waals surface area contributed by atoms with Crippen LogP contribution in [-0.4, -0.2) is 14.7 Å². The number of hydrogen-bond donors (Lipinski definition) is 1. The first-order valence-corrected chi connectivity index (χ1v) is 7.88. The van der Waals surface area contributed by atoms with Crippen LogP contribution in [0.2, 0.25) is 0 Å². The summed E-state index contributed by atoms with van der Waals surface area (Å²) in [6.07, 6.45) is 1.16. The molecule has 1 aromatic heterocycles. The Kier molecular flexibility index (Phi) is 4.25. The van der Waals surface area contributed by atoms with Crippen molar-refractivity contribution in [3.63, 3.8) is 0 Å². The third kappa shape index (κ3) is 2.90. The maximum atomic E-state index is 10.4. The van der Waals surface area contributed by atoms with Gasteiger partial charge in [-0.05, 0) is 31.0 Å². The Bertz CT molecular complexity index is 759. The van der Waals surface area contributed by atoms with Crippen LogP contribution in [0, 0.1) is 6.92 Å². The van der Waals surface area contributed by atoms with E-state index in [9.17, 15) is 5.11 Å². The third-order valence-electron chi connectivity index (χ3n) is 4.01. The minimum absolute atomic E-state index is 0.511. The van der Waals surface area contributed by atoms with E-state index in [0.717, 1.165) is 36.2 Å². The number of aromatic nitrogens is 2. The molecule has 0 aliphatic carbocycles. The molecule has 3 aromatic rings. The predicted octanol–water partition coefficient (Wildman–Crippen LogP) is 4.23. The van der Waals surface area contributed by atoms with Gasteiger partial charge in [-0.25, -0.2) is 4.98 Å². The summed E-state index contributed by atoms with van der Waals surface area (Å²) in [6.45, 7) is 4.90. The molecule has 1 unspecified atom stereocenters. The topological polar surface area (TPSA) is 38.1 Å². The summed E-state index contributed by atoms with van der Waals surface area (Å²) in [5, 5.41) is 10.4. The Labute approximate surface area is 131 Å². The van der Waals surface area contributed by atoms with Crippen LogP contribution in [-0.2, 0) is 6.54 Å². The van der Waals surface area contributed by atoms with E-state index in [1.807, 2.05) is 18.2 Å². The van der Waals surface area contributed by atoms with Gasteiger partial charge in [0.2, 0.25) is 0 Å². The second-order valence-electron chi connectivity index (χ2n) is 5.83. The average molecular weight is 294 g/mol. The van der Waals surface area contributed by atoms with Crippen LogP contribution in [0.3, 0.4) is 0 Å². The van der Waals surface area contributed by atoms with E-state index in [0.29, 0.717) is 0 Å². The summed E-state index contributed by atoms with van der Waals surface area (Å²) in [6, 6.07) is 16.6. The summed E-state index contributed by atoms with van der Waals surface area (Å²) in [5.41, 5.74) is 4.50. The molecule has 0 fully saturated rings. The number of benzene rings is 2. The number of aliphatic hydroxyl groups is 1. The largest absolute Gasteiger partial charge is 0.385 e. The molecule has 0 aliphatic rings. The van der Waals surface area contributed by atoms with Crippen molar-refractivity contribution in [2.24, 2.45) is 0 Å². The average Bonchev–Trinajstić information content (AvgIpc) is 2.89. The Hall–Kier alpha value is -2.13. The number of para-hydroxylation sites is 2. The van der Waals surface area contributed by atoms with Crippen LogP contribution in [0.1, 0.15) is 42.8 Å². The van der Waals surface area contributed by atoms with E-state index < -0.39 is 6.10 Å². The fraction of sp³-hybridized carbons (Fsp3) is 0.316. The van der Waals surface area contributed by atoms with Gasteiger partial charge < -0.3 is 9.67 Å². The van der Waals surface area contributed by atoms with Gasteiger partial charge >= 0.3 is 0 Å². The molecule has 3 heteroatoms. The number of fused-ring (bicyclic) bond motifs is 1. The van der Waals surface area contributed by atoms with E-state index in [1.54, 1.807) is 0 Å². The molecule has 114 valence electrons. The lowest BCUT2D eigenvalue weighted by Gasteiger charge is -2.13. The molecule has 3 nitrogen and oxygen atoms in total. The van der Waals surface area contributed by atoms with Crippen molar-refractivity contribution in [1.82, 2.24) is 9.55 Å². The normalized spacial score (nSPS) is 12.7. The summed E-state index contributed by atoms with van der Waals surface area (Å²) < 4.78 is 2.14. The monoisotopic (exact) mass is 294 g/mol. The van der Waals surface area contributed by atoms with Gasteiger partial charge in [0, 0.05) is 6.54 Å². The third-order valence-corrected chi connectivity index (χ3v) is 4.01. The van der Waals surface area contributed by atoms with E-state index in [2.05, 4.69) is 53.7 Å². The minimum atomic E-state index is -0.511. The lowest BCUT2D eigenvalue weighted by molar-refractivity contribution is 0.153. The molecule has 0 radical (unpaired) electrons. The predicted molar refractivity (Wildman–Crippen MR) is 89.9 cm³/mol. The van der Waals surface area contributed by atoms with Crippen LogP contribution in [0.4, 0.5) is 0 Å². The van der Waals surface area contributed by atoms with Gasteiger partial charge in [-0.2, -0.15) is 0 Å². The van der Waals surface area contributed by atoms with Gasteiger partial charge in [-0.1, -0.05) is 55.3 Å². The Morgan fingerprint density at radius 2 is 1.82 bits per heavy atom. The highest BCUT2D eigenvalue weighted by Gasteiger charge is 2.17. The summed E-state index contributed by atoms with van der Waals surface area (Å²) in [4.78, 5) is 4.66. The highest BCUT2D eigenvalue weighted by molar-refractivity contribution is 5.76. The van der Waals surface area contributed by atoms with Crippen molar-refractivity contribution < 1.29 is 5.11 Å². The van der Waals surface area contributed by atoms with Crippen LogP contribution in [0.15, 0.2) is 48.5 Å². The Balaban J connectivity index is 2.05. The van der Waals surface area contributed by atoms with Gasteiger partial charge in [-0.3, -0.25) is 0 Å². The molecule has 0 saturated carbocycles. The maximum absolute atomic E-state index is 10.4. The fourth-order valence-corrected chi connectivity index (χ4v) is 2.79. The first-order valence-electron chi connectivity index (χ1n) is 7.88. The van der Waals surface area contributed by atoms with Gasteiger partial charge in [0.15, 0.2) is 0 Å². The second kappa shape index (κ2) is 6.32. The van der Waals surface area contributed by atoms with E-state index in [-0.39, 0.29) is 0 Å². The molecule has 0 spiro atoms. The van der Waals surface area contributed by atoms with Crippen molar-refractivity contribution in [2.45, 2.75) is 39.3 Å². The molecule has 0 aliphatic heterocycles. The van der Waals surface area contributed by atoms with Crippen molar-refractivity contribution in [1.29, 1.82) is 0 Å². The van der Waals surface area contributed by atoms with E-state index in [1.165, 1.54) is 11.1 Å². The molecule has 0 saturated heterocycles. The summed E-state index contributed by atoms with van der Waals surface area (Å²) in [5.74, 6) is 0.767. The zero-order valence-corrected chi connectivity index (χ0v) is 13.2. The van der Waals surface area contributed by atoms with Gasteiger partial charge in [0.1, 0.15) is 11.9 Å². The number of nitrogens with zero attached hydrogens (tertiary/aromatic N) is 2. The number of imidazole rings is 1. The zero-order chi connectivity index (χ0) is 15.5. The first kappa shape index (κ1) is 14.8. The number of aliphatic hydroxyl groups excluding tert-OH is 1. The molecule has 0 bridgehead atoms. The zero-order valence-electron chi connectivity index (χ0n) is 13.2. The van der Waals surface area contributed by atoms with Crippen LogP contribution >= 0.6 is 0 Å². The number of hydrogen-bond acceptors (Lipinski definition) is 2. The lowest BCUT2D eigenvalue weighted by Crippen LogP contribution is -2.10. The smallest absolute Gasteiger partial charge is 0.139 e. The molecular weight excluding hydrogens is 272 g/mol. The van der Waals surface area contributed by atoms with Crippen molar-refractivity contribution in [2.75, 3.05) is 0 Å². The number of aryl methyl sites for hydroxylation is 1. The molecule has 1 heterocycles. The molecular formula is C19H22N2O. The van der Waals surface area contributed by atoms with Crippen LogP contribution < -0.4 is 0 Å². The quantitative estimate of drug-likeness (QED) is 0.765. The molecule has 22 heavy (non-hydrogen) atoms. The van der Waals surface area contributed by atoms with Crippen molar-refractivity contribution in [3.8, 4) is 0 Å². The lowest BCUT2D eigenvalue weighted by atomic mass is 10.1.